The Morgan fingerprint density at radius 1 is 1.17 bits per heavy atom. The molecule has 0 saturated heterocycles. The Hall–Kier alpha value is -2.05. The Labute approximate surface area is 110 Å². The van der Waals surface area contributed by atoms with Crippen LogP contribution in [-0.4, -0.2) is 7.05 Å². The second-order valence-electron chi connectivity index (χ2n) is 3.81. The zero-order chi connectivity index (χ0) is 13.1. The molecule has 4 heteroatoms. The molecule has 0 saturated carbocycles. The molecule has 90 valence electrons. The molecule has 0 amide bonds. The van der Waals surface area contributed by atoms with Crippen molar-refractivity contribution in [1.82, 2.24) is 0 Å². The van der Waals surface area contributed by atoms with Crippen LogP contribution in [0.1, 0.15) is 5.56 Å². The molecule has 2 nitrogen and oxygen atoms in total. The van der Waals surface area contributed by atoms with Crippen LogP contribution in [0.2, 0.25) is 5.02 Å². The summed E-state index contributed by atoms with van der Waals surface area (Å²) < 4.78 is 12.9. The van der Waals surface area contributed by atoms with E-state index in [0.29, 0.717) is 10.6 Å². The molecule has 0 heterocycles. The molecule has 0 aromatic heterocycles. The first kappa shape index (κ1) is 12.4. The molecule has 2 rings (SSSR count). The van der Waals surface area contributed by atoms with Crippen molar-refractivity contribution in [3.8, 4) is 6.07 Å². The first-order chi connectivity index (χ1) is 8.61. The van der Waals surface area contributed by atoms with Crippen LogP contribution in [0, 0.1) is 17.1 Å². The Morgan fingerprint density at radius 2 is 1.83 bits per heavy atom. The van der Waals surface area contributed by atoms with Crippen molar-refractivity contribution < 1.29 is 4.39 Å². The molecule has 0 atom stereocenters. The minimum Gasteiger partial charge on any atom is -0.344 e. The molecule has 0 unspecified atom stereocenters. The highest BCUT2D eigenvalue weighted by Gasteiger charge is 2.09. The summed E-state index contributed by atoms with van der Waals surface area (Å²) in [4.78, 5) is 1.81. The molecular formula is C14H10ClFN2. The lowest BCUT2D eigenvalue weighted by molar-refractivity contribution is 0.628. The van der Waals surface area contributed by atoms with E-state index >= 15 is 0 Å². The third-order valence-electron chi connectivity index (χ3n) is 2.65. The van der Waals surface area contributed by atoms with Crippen LogP contribution in [0.15, 0.2) is 42.5 Å². The van der Waals surface area contributed by atoms with Crippen molar-refractivity contribution >= 4 is 23.0 Å². The van der Waals surface area contributed by atoms with Crippen LogP contribution in [0.25, 0.3) is 0 Å². The second kappa shape index (κ2) is 5.07. The van der Waals surface area contributed by atoms with Gasteiger partial charge in [0.25, 0.3) is 0 Å². The van der Waals surface area contributed by atoms with Gasteiger partial charge in [0.2, 0.25) is 0 Å². The van der Waals surface area contributed by atoms with Crippen LogP contribution in [-0.2, 0) is 0 Å². The van der Waals surface area contributed by atoms with Crippen molar-refractivity contribution in [3.63, 3.8) is 0 Å². The second-order valence-corrected chi connectivity index (χ2v) is 4.25. The summed E-state index contributed by atoms with van der Waals surface area (Å²) in [6, 6.07) is 13.3. The van der Waals surface area contributed by atoms with E-state index in [-0.39, 0.29) is 5.82 Å². The van der Waals surface area contributed by atoms with Gasteiger partial charge in [-0.05, 0) is 42.5 Å². The predicted octanol–water partition coefficient (Wildman–Crippen LogP) is 4.12. The minimum atomic E-state index is -0.288. The number of hydrogen-bond donors (Lipinski definition) is 0. The number of hydrogen-bond acceptors (Lipinski definition) is 2. The normalized spacial score (nSPS) is 9.89. The topological polar surface area (TPSA) is 27.0 Å². The lowest BCUT2D eigenvalue weighted by Crippen LogP contribution is -2.10. The van der Waals surface area contributed by atoms with Gasteiger partial charge in [0.05, 0.1) is 11.3 Å². The monoisotopic (exact) mass is 260 g/mol. The van der Waals surface area contributed by atoms with Gasteiger partial charge in [-0.3, -0.25) is 0 Å². The first-order valence-electron chi connectivity index (χ1n) is 5.31. The van der Waals surface area contributed by atoms with Crippen LogP contribution in [0.4, 0.5) is 15.8 Å². The van der Waals surface area contributed by atoms with Gasteiger partial charge in [-0.25, -0.2) is 4.39 Å². The molecule has 2 aromatic rings. The van der Waals surface area contributed by atoms with Gasteiger partial charge < -0.3 is 4.90 Å². The minimum absolute atomic E-state index is 0.288. The molecule has 0 aliphatic carbocycles. The third kappa shape index (κ3) is 2.44. The third-order valence-corrected chi connectivity index (χ3v) is 2.89. The number of benzene rings is 2. The average Bonchev–Trinajstić information content (AvgIpc) is 2.38. The Kier molecular flexibility index (Phi) is 3.50. The van der Waals surface area contributed by atoms with Crippen LogP contribution >= 0.6 is 11.6 Å². The lowest BCUT2D eigenvalue weighted by atomic mass is 10.1. The summed E-state index contributed by atoms with van der Waals surface area (Å²) in [6.07, 6.45) is 0. The molecule has 0 spiro atoms. The smallest absolute Gasteiger partial charge is 0.123 e. The van der Waals surface area contributed by atoms with E-state index in [9.17, 15) is 4.39 Å². The van der Waals surface area contributed by atoms with E-state index in [0.717, 1.165) is 11.4 Å². The summed E-state index contributed by atoms with van der Waals surface area (Å²) in [5.41, 5.74) is 2.01. The van der Waals surface area contributed by atoms with Crippen molar-refractivity contribution in [1.29, 1.82) is 5.26 Å². The van der Waals surface area contributed by atoms with E-state index in [1.807, 2.05) is 11.9 Å². The summed E-state index contributed by atoms with van der Waals surface area (Å²) in [6.45, 7) is 0. The Bertz CT molecular complexity index is 602. The summed E-state index contributed by atoms with van der Waals surface area (Å²) in [5, 5.41) is 9.60. The highest BCUT2D eigenvalue weighted by molar-refractivity contribution is 6.30. The quantitative estimate of drug-likeness (QED) is 0.812. The average molecular weight is 261 g/mol. The predicted molar refractivity (Wildman–Crippen MR) is 70.6 cm³/mol. The summed E-state index contributed by atoms with van der Waals surface area (Å²) in [5.74, 6) is -0.288. The number of rotatable bonds is 2. The van der Waals surface area contributed by atoms with E-state index in [2.05, 4.69) is 6.07 Å². The van der Waals surface area contributed by atoms with Crippen molar-refractivity contribution in [2.24, 2.45) is 0 Å². The number of nitriles is 1. The van der Waals surface area contributed by atoms with Gasteiger partial charge >= 0.3 is 0 Å². The molecule has 2 aromatic carbocycles. The molecule has 0 radical (unpaired) electrons. The Balaban J connectivity index is 2.43. The maximum Gasteiger partial charge on any atom is 0.123 e. The van der Waals surface area contributed by atoms with Crippen molar-refractivity contribution in [2.45, 2.75) is 0 Å². The van der Waals surface area contributed by atoms with Crippen LogP contribution in [0.5, 0.6) is 0 Å². The van der Waals surface area contributed by atoms with Gasteiger partial charge in [-0.15, -0.1) is 0 Å². The van der Waals surface area contributed by atoms with Gasteiger partial charge in [0.1, 0.15) is 11.9 Å². The molecule has 0 aliphatic heterocycles. The van der Waals surface area contributed by atoms with E-state index in [4.69, 9.17) is 16.9 Å². The zero-order valence-electron chi connectivity index (χ0n) is 9.69. The fourth-order valence-electron chi connectivity index (χ4n) is 1.69. The van der Waals surface area contributed by atoms with Crippen LogP contribution < -0.4 is 4.90 Å². The maximum absolute atomic E-state index is 12.9. The van der Waals surface area contributed by atoms with Crippen molar-refractivity contribution in [2.75, 3.05) is 11.9 Å². The van der Waals surface area contributed by atoms with E-state index in [1.165, 1.54) is 12.1 Å². The van der Waals surface area contributed by atoms with Crippen molar-refractivity contribution in [3.05, 3.63) is 58.9 Å². The highest BCUT2D eigenvalue weighted by atomic mass is 35.5. The first-order valence-corrected chi connectivity index (χ1v) is 5.68. The summed E-state index contributed by atoms with van der Waals surface area (Å²) in [7, 11) is 1.82. The Morgan fingerprint density at radius 3 is 2.44 bits per heavy atom. The van der Waals surface area contributed by atoms with E-state index < -0.39 is 0 Å². The lowest BCUT2D eigenvalue weighted by Gasteiger charge is -2.20. The van der Waals surface area contributed by atoms with Gasteiger partial charge in [-0.1, -0.05) is 11.6 Å². The SMILES string of the molecule is CN(c1ccc(F)cc1)c1ccc(Cl)cc1C#N. The molecule has 0 aliphatic rings. The van der Waals surface area contributed by atoms with Gasteiger partial charge in [0, 0.05) is 17.8 Å². The number of halogens is 2. The zero-order valence-corrected chi connectivity index (χ0v) is 10.4. The molecule has 0 N–H and O–H groups in total. The molecule has 0 fully saturated rings. The van der Waals surface area contributed by atoms with Gasteiger partial charge in [0.15, 0.2) is 0 Å². The number of anilines is 2. The molecular weight excluding hydrogens is 251 g/mol. The summed E-state index contributed by atoms with van der Waals surface area (Å²) >= 11 is 5.85. The largest absolute Gasteiger partial charge is 0.344 e. The standard InChI is InChI=1S/C14H10ClFN2/c1-18(13-5-3-12(16)4-6-13)14-7-2-11(15)8-10(14)9-17/h2-8H,1H3. The molecule has 0 bridgehead atoms. The fraction of sp³-hybridized carbons (Fsp3) is 0.0714. The van der Waals surface area contributed by atoms with Gasteiger partial charge in [-0.2, -0.15) is 5.26 Å². The highest BCUT2D eigenvalue weighted by Crippen LogP contribution is 2.28. The fourth-order valence-corrected chi connectivity index (χ4v) is 1.87. The van der Waals surface area contributed by atoms with Crippen LogP contribution in [0.3, 0.4) is 0 Å². The maximum atomic E-state index is 12.9. The molecule has 18 heavy (non-hydrogen) atoms. The number of nitrogens with zero attached hydrogens (tertiary/aromatic N) is 2. The van der Waals surface area contributed by atoms with E-state index in [1.54, 1.807) is 30.3 Å².